The van der Waals surface area contributed by atoms with Crippen LogP contribution in [-0.2, 0) is 9.53 Å². The first-order chi connectivity index (χ1) is 9.63. The molecule has 0 radical (unpaired) electrons. The average molecular weight is 277 g/mol. The van der Waals surface area contributed by atoms with Crippen molar-refractivity contribution in [2.75, 3.05) is 6.79 Å². The summed E-state index contributed by atoms with van der Waals surface area (Å²) < 4.78 is 15.5. The van der Waals surface area contributed by atoms with Gasteiger partial charge in [-0.3, -0.25) is 4.79 Å². The zero-order chi connectivity index (χ0) is 14.1. The third-order valence-electron chi connectivity index (χ3n) is 3.19. The van der Waals surface area contributed by atoms with E-state index in [4.69, 9.17) is 14.2 Å². The molecule has 20 heavy (non-hydrogen) atoms. The molecule has 0 saturated heterocycles. The van der Waals surface area contributed by atoms with Crippen molar-refractivity contribution in [3.05, 3.63) is 23.8 Å². The van der Waals surface area contributed by atoms with E-state index in [0.29, 0.717) is 17.1 Å². The minimum atomic E-state index is -0.812. The number of carbonyl (C=O) groups is 2. The quantitative estimate of drug-likeness (QED) is 0.838. The Balaban J connectivity index is 1.61. The van der Waals surface area contributed by atoms with Crippen molar-refractivity contribution in [1.29, 1.82) is 0 Å². The van der Waals surface area contributed by atoms with Crippen LogP contribution in [0, 0.1) is 0 Å². The Hall–Kier alpha value is -2.24. The summed E-state index contributed by atoms with van der Waals surface area (Å²) in [4.78, 5) is 23.7. The molecular formula is C14H15NO5. The van der Waals surface area contributed by atoms with Gasteiger partial charge in [0.25, 0.3) is 5.91 Å². The molecule has 3 rings (SSSR count). The Labute approximate surface area is 116 Å². The summed E-state index contributed by atoms with van der Waals surface area (Å²) in [5, 5.41) is 2.79. The van der Waals surface area contributed by atoms with Crippen molar-refractivity contribution in [2.45, 2.75) is 31.9 Å². The van der Waals surface area contributed by atoms with E-state index in [1.54, 1.807) is 25.1 Å². The largest absolute Gasteiger partial charge is 0.454 e. The lowest BCUT2D eigenvalue weighted by Crippen LogP contribution is -2.37. The van der Waals surface area contributed by atoms with Gasteiger partial charge < -0.3 is 19.5 Å². The van der Waals surface area contributed by atoms with Gasteiger partial charge in [-0.1, -0.05) is 0 Å². The maximum atomic E-state index is 12.0. The highest BCUT2D eigenvalue weighted by molar-refractivity contribution is 5.93. The van der Waals surface area contributed by atoms with E-state index < -0.39 is 12.1 Å². The molecule has 2 aliphatic rings. The molecule has 6 heteroatoms. The number of hydrogen-bond donors (Lipinski definition) is 1. The molecule has 1 aliphatic heterocycles. The second-order valence-corrected chi connectivity index (χ2v) is 4.90. The Bertz CT molecular complexity index is 552. The highest BCUT2D eigenvalue weighted by Crippen LogP contribution is 2.32. The minimum Gasteiger partial charge on any atom is -0.454 e. The number of benzene rings is 1. The van der Waals surface area contributed by atoms with Crippen molar-refractivity contribution in [1.82, 2.24) is 5.32 Å². The van der Waals surface area contributed by atoms with E-state index in [-0.39, 0.29) is 18.7 Å². The van der Waals surface area contributed by atoms with Gasteiger partial charge in [0, 0.05) is 6.04 Å². The summed E-state index contributed by atoms with van der Waals surface area (Å²) in [7, 11) is 0. The van der Waals surface area contributed by atoms with Crippen molar-refractivity contribution in [2.24, 2.45) is 0 Å². The van der Waals surface area contributed by atoms with Crippen molar-refractivity contribution in [3.63, 3.8) is 0 Å². The fourth-order valence-electron chi connectivity index (χ4n) is 1.85. The van der Waals surface area contributed by atoms with E-state index in [9.17, 15) is 9.59 Å². The zero-order valence-corrected chi connectivity index (χ0v) is 11.0. The van der Waals surface area contributed by atoms with Gasteiger partial charge in [0.2, 0.25) is 6.79 Å². The summed E-state index contributed by atoms with van der Waals surface area (Å²) in [6.45, 7) is 1.70. The molecule has 1 atom stereocenters. The predicted octanol–water partition coefficient (Wildman–Crippen LogP) is 1.24. The second kappa shape index (κ2) is 5.03. The fraction of sp³-hybridized carbons (Fsp3) is 0.429. The molecule has 1 fully saturated rings. The van der Waals surface area contributed by atoms with Crippen LogP contribution in [0.3, 0.4) is 0 Å². The molecule has 1 saturated carbocycles. The predicted molar refractivity (Wildman–Crippen MR) is 68.6 cm³/mol. The van der Waals surface area contributed by atoms with Gasteiger partial charge in [-0.2, -0.15) is 0 Å². The van der Waals surface area contributed by atoms with Gasteiger partial charge in [-0.05, 0) is 38.0 Å². The lowest BCUT2D eigenvalue weighted by atomic mass is 10.2. The van der Waals surface area contributed by atoms with E-state index in [1.807, 2.05) is 0 Å². The van der Waals surface area contributed by atoms with Crippen LogP contribution in [0.2, 0.25) is 0 Å². The van der Waals surface area contributed by atoms with Gasteiger partial charge in [-0.25, -0.2) is 4.79 Å². The summed E-state index contributed by atoms with van der Waals surface area (Å²) >= 11 is 0. The standard InChI is InChI=1S/C14H15NO5/c1-8(13(16)15-10-3-4-10)20-14(17)9-2-5-11-12(6-9)19-7-18-11/h2,5-6,8,10H,3-4,7H2,1H3,(H,15,16)/t8-/m1/s1. The lowest BCUT2D eigenvalue weighted by Gasteiger charge is -2.13. The topological polar surface area (TPSA) is 73.9 Å². The van der Waals surface area contributed by atoms with Gasteiger partial charge in [0.15, 0.2) is 17.6 Å². The zero-order valence-electron chi connectivity index (χ0n) is 11.0. The monoisotopic (exact) mass is 277 g/mol. The van der Waals surface area contributed by atoms with Crippen LogP contribution in [0.15, 0.2) is 18.2 Å². The summed E-state index contributed by atoms with van der Waals surface area (Å²) in [6, 6.07) is 5.03. The van der Waals surface area contributed by atoms with Gasteiger partial charge in [0.05, 0.1) is 5.56 Å². The van der Waals surface area contributed by atoms with Crippen LogP contribution in [-0.4, -0.2) is 30.8 Å². The van der Waals surface area contributed by atoms with E-state index in [1.165, 1.54) is 0 Å². The highest BCUT2D eigenvalue weighted by atomic mass is 16.7. The average Bonchev–Trinajstić information content (AvgIpc) is 3.12. The Morgan fingerprint density at radius 3 is 2.80 bits per heavy atom. The molecule has 106 valence electrons. The molecule has 0 bridgehead atoms. The van der Waals surface area contributed by atoms with Crippen LogP contribution in [0.1, 0.15) is 30.1 Å². The number of fused-ring (bicyclic) bond motifs is 1. The molecule has 0 aromatic heterocycles. The number of carbonyl (C=O) groups excluding carboxylic acids is 2. The van der Waals surface area contributed by atoms with Crippen molar-refractivity contribution >= 4 is 11.9 Å². The molecule has 1 heterocycles. The van der Waals surface area contributed by atoms with Crippen LogP contribution < -0.4 is 14.8 Å². The number of rotatable bonds is 4. The number of nitrogens with one attached hydrogen (secondary N) is 1. The third-order valence-corrected chi connectivity index (χ3v) is 3.19. The molecule has 6 nitrogen and oxygen atoms in total. The summed E-state index contributed by atoms with van der Waals surface area (Å²) in [5.74, 6) is 0.291. The number of esters is 1. The van der Waals surface area contributed by atoms with Crippen LogP contribution in [0.25, 0.3) is 0 Å². The maximum absolute atomic E-state index is 12.0. The molecule has 0 unspecified atom stereocenters. The second-order valence-electron chi connectivity index (χ2n) is 4.90. The Morgan fingerprint density at radius 1 is 1.30 bits per heavy atom. The lowest BCUT2D eigenvalue weighted by molar-refractivity contribution is -0.129. The van der Waals surface area contributed by atoms with Gasteiger partial charge in [-0.15, -0.1) is 0 Å². The highest BCUT2D eigenvalue weighted by Gasteiger charge is 2.27. The van der Waals surface area contributed by atoms with Crippen molar-refractivity contribution < 1.29 is 23.8 Å². The normalized spacial score (nSPS) is 17.4. The van der Waals surface area contributed by atoms with Gasteiger partial charge in [0.1, 0.15) is 0 Å². The molecular weight excluding hydrogens is 262 g/mol. The minimum absolute atomic E-state index is 0.147. The van der Waals surface area contributed by atoms with Crippen LogP contribution in [0.4, 0.5) is 0 Å². The molecule has 1 N–H and O–H groups in total. The first kappa shape index (κ1) is 12.8. The Morgan fingerprint density at radius 2 is 2.05 bits per heavy atom. The van der Waals surface area contributed by atoms with E-state index in [2.05, 4.69) is 5.32 Å². The SMILES string of the molecule is C[C@@H](OC(=O)c1ccc2c(c1)OCO2)C(=O)NC1CC1. The number of amides is 1. The van der Waals surface area contributed by atoms with E-state index >= 15 is 0 Å². The van der Waals surface area contributed by atoms with Crippen LogP contribution >= 0.6 is 0 Å². The fourth-order valence-corrected chi connectivity index (χ4v) is 1.85. The van der Waals surface area contributed by atoms with Gasteiger partial charge >= 0.3 is 5.97 Å². The molecule has 0 spiro atoms. The maximum Gasteiger partial charge on any atom is 0.339 e. The van der Waals surface area contributed by atoms with E-state index in [0.717, 1.165) is 12.8 Å². The summed E-state index contributed by atoms with van der Waals surface area (Å²) in [6.07, 6.45) is 1.18. The Kier molecular flexibility index (Phi) is 3.22. The first-order valence-corrected chi connectivity index (χ1v) is 6.54. The number of ether oxygens (including phenoxy) is 3. The smallest absolute Gasteiger partial charge is 0.339 e. The summed E-state index contributed by atoms with van der Waals surface area (Å²) in [5.41, 5.74) is 0.334. The molecule has 1 aliphatic carbocycles. The van der Waals surface area contributed by atoms with Crippen molar-refractivity contribution in [3.8, 4) is 11.5 Å². The number of hydrogen-bond acceptors (Lipinski definition) is 5. The van der Waals surface area contributed by atoms with Crippen LogP contribution in [0.5, 0.6) is 11.5 Å². The first-order valence-electron chi connectivity index (χ1n) is 6.54. The third kappa shape index (κ3) is 2.68. The molecule has 1 amide bonds. The molecule has 1 aromatic rings. The molecule has 1 aromatic carbocycles.